The maximum atomic E-state index is 12.2. The molecule has 0 bridgehead atoms. The van der Waals surface area contributed by atoms with Gasteiger partial charge in [-0.2, -0.15) is 8.78 Å². The molecule has 0 rings (SSSR count). The zero-order chi connectivity index (χ0) is 10.5. The molecule has 0 heterocycles. The molecule has 1 radical (unpaired) electrons. The molecule has 7 heteroatoms. The summed E-state index contributed by atoms with van der Waals surface area (Å²) >= 11 is 0. The van der Waals surface area contributed by atoms with Crippen molar-refractivity contribution in [3.63, 3.8) is 0 Å². The first-order valence-electron chi connectivity index (χ1n) is 3.86. The van der Waals surface area contributed by atoms with Gasteiger partial charge in [0.1, 0.15) is 0 Å². The molecular formula is C6H11F4O2Si. The fraction of sp³-hybridized carbons (Fsp3) is 1.00. The molecule has 0 aliphatic rings. The fourth-order valence-electron chi connectivity index (χ4n) is 0.751. The van der Waals surface area contributed by atoms with Crippen LogP contribution >= 0.6 is 0 Å². The van der Waals surface area contributed by atoms with Gasteiger partial charge in [-0.15, -0.1) is 0 Å². The van der Waals surface area contributed by atoms with Gasteiger partial charge < -0.3 is 9.53 Å². The first-order chi connectivity index (χ1) is 5.94. The molecule has 13 heavy (non-hydrogen) atoms. The Hall–Kier alpha value is -0.143. The fourth-order valence-corrected chi connectivity index (χ4v) is 1.54. The number of ether oxygens (including phenoxy) is 1. The van der Waals surface area contributed by atoms with Crippen molar-refractivity contribution in [2.75, 3.05) is 0 Å². The Kier molecular flexibility index (Phi) is 5.50. The van der Waals surface area contributed by atoms with E-state index in [4.69, 9.17) is 0 Å². The summed E-state index contributed by atoms with van der Waals surface area (Å²) in [5.74, 6) is 0. The van der Waals surface area contributed by atoms with E-state index in [0.29, 0.717) is 0 Å². The Bertz CT molecular complexity index is 145. The summed E-state index contributed by atoms with van der Waals surface area (Å²) in [6.45, 7) is 1.51. The molecule has 0 saturated carbocycles. The maximum absolute atomic E-state index is 12.2. The summed E-state index contributed by atoms with van der Waals surface area (Å²) in [4.78, 5) is 10.2. The molecule has 0 fully saturated rings. The average Bonchev–Trinajstić information content (AvgIpc) is 2.03. The van der Waals surface area contributed by atoms with Gasteiger partial charge in [-0.25, -0.2) is 8.78 Å². The third kappa shape index (κ3) is 4.58. The van der Waals surface area contributed by atoms with E-state index >= 15 is 0 Å². The van der Waals surface area contributed by atoms with E-state index in [2.05, 4.69) is 4.74 Å². The zero-order valence-electron chi connectivity index (χ0n) is 7.10. The van der Waals surface area contributed by atoms with E-state index in [1.807, 2.05) is 0 Å². The smallest absolute Gasteiger partial charge is 0.313 e. The molecule has 0 spiro atoms. The maximum Gasteiger partial charge on any atom is 0.416 e. The lowest BCUT2D eigenvalue weighted by Crippen LogP contribution is -2.35. The van der Waals surface area contributed by atoms with Crippen LogP contribution in [0.3, 0.4) is 0 Å². The Balaban J connectivity index is 4.05. The molecule has 1 unspecified atom stereocenters. The molecule has 0 aliphatic carbocycles. The molecule has 0 aromatic heterocycles. The molecule has 1 atom stereocenters. The van der Waals surface area contributed by atoms with Crippen LogP contribution in [0.2, 0.25) is 6.04 Å². The van der Waals surface area contributed by atoms with E-state index < -0.39 is 28.4 Å². The molecule has 79 valence electrons. The molecule has 0 amide bonds. The number of hydrogen-bond donors (Lipinski definition) is 0. The van der Waals surface area contributed by atoms with Crippen molar-refractivity contribution >= 4 is 9.76 Å². The third-order valence-corrected chi connectivity index (χ3v) is 2.35. The second kappa shape index (κ2) is 5.56. The van der Waals surface area contributed by atoms with Crippen LogP contribution < -0.4 is 0 Å². The highest BCUT2D eigenvalue weighted by Crippen LogP contribution is 2.27. The van der Waals surface area contributed by atoms with Crippen LogP contribution in [-0.2, 0) is 9.53 Å². The van der Waals surface area contributed by atoms with Crippen LogP contribution in [0.1, 0.15) is 13.3 Å². The van der Waals surface area contributed by atoms with Gasteiger partial charge in [0, 0.05) is 0 Å². The number of hydrogen-bond acceptors (Lipinski definition) is 1. The summed E-state index contributed by atoms with van der Waals surface area (Å²) in [7, 11) is -1.69. The Morgan fingerprint density at radius 3 is 2.31 bits per heavy atom. The van der Waals surface area contributed by atoms with Crippen LogP contribution in [0.15, 0.2) is 0 Å². The minimum atomic E-state index is -4.43. The minimum Gasteiger partial charge on any atom is -0.313 e. The topological polar surface area (TPSA) is 29.1 Å². The first-order valence-corrected chi connectivity index (χ1v) is 5.43. The average molecular weight is 219 g/mol. The molecular weight excluding hydrogens is 208 g/mol. The lowest BCUT2D eigenvalue weighted by Gasteiger charge is -2.21. The van der Waals surface area contributed by atoms with Gasteiger partial charge in [0.05, 0.1) is 6.10 Å². The summed E-state index contributed by atoms with van der Waals surface area (Å²) in [5.41, 5.74) is 0. The lowest BCUT2D eigenvalue weighted by molar-refractivity contribution is -0.316. The summed E-state index contributed by atoms with van der Waals surface area (Å²) in [6.07, 6.45) is -9.15. The Labute approximate surface area is 75.8 Å². The molecule has 0 saturated heterocycles. The van der Waals surface area contributed by atoms with Crippen LogP contribution in [0.5, 0.6) is 0 Å². The predicted octanol–water partition coefficient (Wildman–Crippen LogP) is 1.57. The van der Waals surface area contributed by atoms with Gasteiger partial charge in [0.15, 0.2) is 0 Å². The van der Waals surface area contributed by atoms with Crippen LogP contribution in [-0.4, -0.2) is 28.4 Å². The highest BCUT2D eigenvalue weighted by atomic mass is 28.2. The van der Waals surface area contributed by atoms with Crippen molar-refractivity contribution in [2.45, 2.75) is 38.0 Å². The number of rotatable bonds is 6. The van der Waals surface area contributed by atoms with Gasteiger partial charge in [-0.1, -0.05) is 6.92 Å². The van der Waals surface area contributed by atoms with E-state index in [1.54, 1.807) is 0 Å². The van der Waals surface area contributed by atoms with Crippen molar-refractivity contribution in [3.05, 3.63) is 0 Å². The second-order valence-corrected chi connectivity index (χ2v) is 3.49. The zero-order valence-corrected chi connectivity index (χ0v) is 8.52. The third-order valence-electron chi connectivity index (χ3n) is 1.47. The molecule has 0 N–H and O–H groups in total. The summed E-state index contributed by atoms with van der Waals surface area (Å²) < 4.78 is 51.6. The van der Waals surface area contributed by atoms with Crippen LogP contribution in [0.25, 0.3) is 0 Å². The number of halogens is 4. The minimum absolute atomic E-state index is 0.0428. The molecule has 0 aromatic carbocycles. The molecule has 0 aromatic rings. The van der Waals surface area contributed by atoms with E-state index in [0.717, 1.165) is 0 Å². The second-order valence-electron chi connectivity index (χ2n) is 2.50. The molecule has 2 nitrogen and oxygen atoms in total. The Morgan fingerprint density at radius 1 is 1.46 bits per heavy atom. The first kappa shape index (κ1) is 12.9. The normalized spacial score (nSPS) is 15.9. The monoisotopic (exact) mass is 219 g/mol. The van der Waals surface area contributed by atoms with Crippen molar-refractivity contribution in [1.29, 1.82) is 0 Å². The van der Waals surface area contributed by atoms with Crippen molar-refractivity contribution in [1.82, 2.24) is 0 Å². The molecule has 0 aliphatic heterocycles. The predicted molar refractivity (Wildman–Crippen MR) is 40.2 cm³/mol. The van der Waals surface area contributed by atoms with Gasteiger partial charge in [-0.3, -0.25) is 0 Å². The van der Waals surface area contributed by atoms with Gasteiger partial charge in [0.25, 0.3) is 0 Å². The van der Waals surface area contributed by atoms with Gasteiger partial charge >= 0.3 is 12.5 Å². The van der Waals surface area contributed by atoms with Gasteiger partial charge in [-0.05, 0) is 12.5 Å². The van der Waals surface area contributed by atoms with Crippen LogP contribution in [0, 0.1) is 0 Å². The highest BCUT2D eigenvalue weighted by Gasteiger charge is 2.43. The van der Waals surface area contributed by atoms with Crippen LogP contribution in [0.4, 0.5) is 17.6 Å². The van der Waals surface area contributed by atoms with Crippen molar-refractivity contribution in [2.24, 2.45) is 0 Å². The van der Waals surface area contributed by atoms with E-state index in [9.17, 15) is 22.4 Å². The summed E-state index contributed by atoms with van der Waals surface area (Å²) in [5, 5.41) is 0. The Morgan fingerprint density at radius 2 is 2.00 bits per heavy atom. The van der Waals surface area contributed by atoms with Crippen molar-refractivity contribution in [3.8, 4) is 0 Å². The lowest BCUT2D eigenvalue weighted by atomic mass is 10.3. The van der Waals surface area contributed by atoms with Gasteiger partial charge in [0.2, 0.25) is 9.76 Å². The SMILES string of the molecule is CCC(C[SiH2][O])OC(F)(F)C(F)F. The van der Waals surface area contributed by atoms with Crippen molar-refractivity contribution < 1.29 is 27.1 Å². The number of alkyl halides is 4. The largest absolute Gasteiger partial charge is 0.416 e. The standard InChI is InChI=1S/C6H11F4O2Si/c1-2-4(3-13-11)12-6(9,10)5(7)8/h4-5H,2-3,13H2,1H3. The quantitative estimate of drug-likeness (QED) is 0.492. The van der Waals surface area contributed by atoms with E-state index in [-0.39, 0.29) is 12.5 Å². The van der Waals surface area contributed by atoms with E-state index in [1.165, 1.54) is 6.92 Å². The summed E-state index contributed by atoms with van der Waals surface area (Å²) in [6, 6.07) is -0.0428. The highest BCUT2D eigenvalue weighted by molar-refractivity contribution is 6.24.